The van der Waals surface area contributed by atoms with Crippen LogP contribution in [0.3, 0.4) is 0 Å². The van der Waals surface area contributed by atoms with E-state index >= 15 is 0 Å². The Morgan fingerprint density at radius 3 is 2.71 bits per heavy atom. The summed E-state index contributed by atoms with van der Waals surface area (Å²) in [6.07, 6.45) is 5.10. The van der Waals surface area contributed by atoms with Crippen molar-refractivity contribution in [3.05, 3.63) is 12.7 Å². The number of hydrogen-bond acceptors (Lipinski definition) is 1. The highest BCUT2D eigenvalue weighted by atomic mass is 16.1. The summed E-state index contributed by atoms with van der Waals surface area (Å²) >= 11 is 0. The third-order valence-corrected chi connectivity index (χ3v) is 3.01. The molecule has 0 aliphatic carbocycles. The van der Waals surface area contributed by atoms with Gasteiger partial charge in [-0.05, 0) is 6.08 Å². The molecule has 14 heavy (non-hydrogen) atoms. The Kier molecular flexibility index (Phi) is 4.14. The summed E-state index contributed by atoms with van der Waals surface area (Å²) in [6, 6.07) is 0. The number of carbonyl (C=O) groups excluding carboxylic acids is 1. The Balaban J connectivity index is 2.08. The van der Waals surface area contributed by atoms with Gasteiger partial charge in [0.2, 0.25) is 5.91 Å². The van der Waals surface area contributed by atoms with Crippen molar-refractivity contribution in [3.8, 4) is 0 Å². The van der Waals surface area contributed by atoms with Crippen molar-refractivity contribution in [2.24, 2.45) is 0 Å². The minimum Gasteiger partial charge on any atom is -0.352 e. The molecule has 0 aromatic carbocycles. The maximum atomic E-state index is 10.9. The Bertz CT molecular complexity index is 207. The van der Waals surface area contributed by atoms with E-state index in [1.54, 1.807) is 0 Å². The Morgan fingerprint density at radius 1 is 1.50 bits per heavy atom. The number of carbonyl (C=O) groups is 1. The van der Waals surface area contributed by atoms with Crippen LogP contribution in [0.1, 0.15) is 19.3 Å². The largest absolute Gasteiger partial charge is 0.352 e. The Hall–Kier alpha value is -0.830. The average Bonchev–Trinajstić information content (AvgIpc) is 2.60. The molecule has 0 aromatic heterocycles. The SMILES string of the molecule is C=CC(=O)NCCC[N+]1(C)CCCC1. The zero-order chi connectivity index (χ0) is 10.4. The molecule has 0 radical (unpaired) electrons. The van der Waals surface area contributed by atoms with Gasteiger partial charge in [0.1, 0.15) is 0 Å². The van der Waals surface area contributed by atoms with Crippen LogP contribution in [0.5, 0.6) is 0 Å². The van der Waals surface area contributed by atoms with Crippen LogP contribution in [0.15, 0.2) is 12.7 Å². The van der Waals surface area contributed by atoms with Crippen LogP contribution in [0.25, 0.3) is 0 Å². The van der Waals surface area contributed by atoms with Gasteiger partial charge in [-0.3, -0.25) is 4.79 Å². The molecular weight excluding hydrogens is 176 g/mol. The predicted molar refractivity (Wildman–Crippen MR) is 57.8 cm³/mol. The summed E-state index contributed by atoms with van der Waals surface area (Å²) in [5.74, 6) is -0.0610. The fourth-order valence-corrected chi connectivity index (χ4v) is 2.07. The van der Waals surface area contributed by atoms with Crippen LogP contribution in [-0.2, 0) is 4.79 Å². The maximum absolute atomic E-state index is 10.9. The molecule has 1 aliphatic heterocycles. The highest BCUT2D eigenvalue weighted by Gasteiger charge is 2.25. The molecule has 1 saturated heterocycles. The third kappa shape index (κ3) is 3.50. The van der Waals surface area contributed by atoms with Crippen LogP contribution in [0, 0.1) is 0 Å². The van der Waals surface area contributed by atoms with Crippen molar-refractivity contribution in [1.29, 1.82) is 0 Å². The molecule has 1 heterocycles. The van der Waals surface area contributed by atoms with Gasteiger partial charge >= 0.3 is 0 Å². The summed E-state index contributed by atoms with van der Waals surface area (Å²) in [7, 11) is 2.31. The van der Waals surface area contributed by atoms with Crippen molar-refractivity contribution in [2.45, 2.75) is 19.3 Å². The Morgan fingerprint density at radius 2 is 2.14 bits per heavy atom. The van der Waals surface area contributed by atoms with Crippen LogP contribution in [0.4, 0.5) is 0 Å². The number of hydrogen-bond donors (Lipinski definition) is 1. The van der Waals surface area contributed by atoms with Crippen LogP contribution < -0.4 is 5.32 Å². The molecule has 1 aliphatic rings. The van der Waals surface area contributed by atoms with Gasteiger partial charge in [0, 0.05) is 25.8 Å². The van der Waals surface area contributed by atoms with E-state index in [2.05, 4.69) is 18.9 Å². The highest BCUT2D eigenvalue weighted by Crippen LogP contribution is 2.16. The lowest BCUT2D eigenvalue weighted by atomic mass is 10.3. The minimum atomic E-state index is -0.0610. The normalized spacial score (nSPS) is 19.2. The minimum absolute atomic E-state index is 0.0610. The van der Waals surface area contributed by atoms with Crippen molar-refractivity contribution in [2.75, 3.05) is 33.2 Å². The molecule has 1 amide bonds. The summed E-state index contributed by atoms with van der Waals surface area (Å²) in [4.78, 5) is 10.9. The molecule has 1 fully saturated rings. The molecular formula is C11H21N2O+. The van der Waals surface area contributed by atoms with Crippen LogP contribution >= 0.6 is 0 Å². The van der Waals surface area contributed by atoms with Crippen molar-refractivity contribution in [3.63, 3.8) is 0 Å². The average molecular weight is 197 g/mol. The smallest absolute Gasteiger partial charge is 0.243 e. The van der Waals surface area contributed by atoms with Gasteiger partial charge in [-0.15, -0.1) is 0 Å². The zero-order valence-electron chi connectivity index (χ0n) is 9.09. The van der Waals surface area contributed by atoms with Gasteiger partial charge in [0.15, 0.2) is 0 Å². The monoisotopic (exact) mass is 197 g/mol. The molecule has 0 saturated carbocycles. The molecule has 0 atom stereocenters. The first kappa shape index (κ1) is 11.2. The standard InChI is InChI=1S/C11H20N2O/c1-3-11(14)12-7-6-10-13(2)8-4-5-9-13/h3H,1,4-10H2,2H3/p+1. The highest BCUT2D eigenvalue weighted by molar-refractivity contribution is 5.86. The lowest BCUT2D eigenvalue weighted by molar-refractivity contribution is -0.897. The van der Waals surface area contributed by atoms with Crippen molar-refractivity contribution < 1.29 is 9.28 Å². The summed E-state index contributed by atoms with van der Waals surface area (Å²) in [5, 5.41) is 2.81. The lowest BCUT2D eigenvalue weighted by Gasteiger charge is -2.29. The lowest BCUT2D eigenvalue weighted by Crippen LogP contribution is -2.42. The van der Waals surface area contributed by atoms with Crippen molar-refractivity contribution >= 4 is 5.91 Å². The van der Waals surface area contributed by atoms with Gasteiger partial charge in [-0.25, -0.2) is 0 Å². The fourth-order valence-electron chi connectivity index (χ4n) is 2.07. The number of nitrogens with one attached hydrogen (secondary N) is 1. The molecule has 0 spiro atoms. The van der Waals surface area contributed by atoms with Gasteiger partial charge in [0.25, 0.3) is 0 Å². The topological polar surface area (TPSA) is 29.1 Å². The van der Waals surface area contributed by atoms with Gasteiger partial charge in [-0.2, -0.15) is 0 Å². The Labute approximate surface area is 86.4 Å². The van der Waals surface area contributed by atoms with E-state index in [-0.39, 0.29) is 5.91 Å². The molecule has 1 N–H and O–H groups in total. The quantitative estimate of drug-likeness (QED) is 0.396. The molecule has 80 valence electrons. The number of nitrogens with zero attached hydrogens (tertiary/aromatic N) is 1. The van der Waals surface area contributed by atoms with Gasteiger partial charge in [0.05, 0.1) is 26.7 Å². The van der Waals surface area contributed by atoms with Crippen LogP contribution in [-0.4, -0.2) is 43.6 Å². The third-order valence-electron chi connectivity index (χ3n) is 3.01. The van der Waals surface area contributed by atoms with Crippen molar-refractivity contribution in [1.82, 2.24) is 5.32 Å². The number of quaternary nitrogens is 1. The first-order valence-electron chi connectivity index (χ1n) is 5.40. The molecule has 0 unspecified atom stereocenters. The van der Waals surface area contributed by atoms with Gasteiger partial charge in [-0.1, -0.05) is 6.58 Å². The van der Waals surface area contributed by atoms with E-state index < -0.39 is 0 Å². The number of amides is 1. The second-order valence-corrected chi connectivity index (χ2v) is 4.35. The molecule has 3 heteroatoms. The van der Waals surface area contributed by atoms with E-state index in [0.29, 0.717) is 0 Å². The van der Waals surface area contributed by atoms with Crippen LogP contribution in [0.2, 0.25) is 0 Å². The van der Waals surface area contributed by atoms with E-state index in [1.807, 2.05) is 0 Å². The summed E-state index contributed by atoms with van der Waals surface area (Å²) in [5.41, 5.74) is 0. The second kappa shape index (κ2) is 5.15. The molecule has 0 bridgehead atoms. The fraction of sp³-hybridized carbons (Fsp3) is 0.727. The number of rotatable bonds is 5. The predicted octanol–water partition coefficient (Wildman–Crippen LogP) is 0.919. The summed E-state index contributed by atoms with van der Waals surface area (Å²) in [6.45, 7) is 7.97. The molecule has 0 aromatic rings. The number of likely N-dealkylation sites (tertiary alicyclic amines) is 1. The van der Waals surface area contributed by atoms with E-state index in [4.69, 9.17) is 0 Å². The van der Waals surface area contributed by atoms with Gasteiger partial charge < -0.3 is 9.80 Å². The van der Waals surface area contributed by atoms with E-state index in [9.17, 15) is 4.79 Å². The second-order valence-electron chi connectivity index (χ2n) is 4.35. The van der Waals surface area contributed by atoms with E-state index in [0.717, 1.165) is 13.0 Å². The molecule has 3 nitrogen and oxygen atoms in total. The van der Waals surface area contributed by atoms with E-state index in [1.165, 1.54) is 43.0 Å². The summed E-state index contributed by atoms with van der Waals surface area (Å²) < 4.78 is 1.18. The zero-order valence-corrected chi connectivity index (χ0v) is 9.09. The first-order valence-corrected chi connectivity index (χ1v) is 5.40. The molecule has 1 rings (SSSR count). The maximum Gasteiger partial charge on any atom is 0.243 e. The first-order chi connectivity index (χ1) is 6.66.